The molecule has 6 aromatic rings. The second-order valence-electron chi connectivity index (χ2n) is 7.53. The molecule has 2 heterocycles. The summed E-state index contributed by atoms with van der Waals surface area (Å²) in [6.07, 6.45) is 0.911. The third kappa shape index (κ3) is 2.21. The molecule has 28 heavy (non-hydrogen) atoms. The van der Waals surface area contributed by atoms with Gasteiger partial charge in [0.1, 0.15) is 11.2 Å². The van der Waals surface area contributed by atoms with Gasteiger partial charge in [-0.05, 0) is 53.9 Å². The van der Waals surface area contributed by atoms with E-state index in [1.165, 1.54) is 43.7 Å². The van der Waals surface area contributed by atoms with Crippen molar-refractivity contribution in [2.45, 2.75) is 6.42 Å². The molecule has 0 saturated carbocycles. The molecule has 0 radical (unpaired) electrons. The van der Waals surface area contributed by atoms with Crippen LogP contribution in [-0.2, 0) is 13.5 Å². The third-order valence-electron chi connectivity index (χ3n) is 5.83. The molecule has 0 aliphatic rings. The first kappa shape index (κ1) is 15.5. The largest absolute Gasteiger partial charge is 0.456 e. The lowest BCUT2D eigenvalue weighted by molar-refractivity contribution is 0.669. The Kier molecular flexibility index (Phi) is 3.18. The van der Waals surface area contributed by atoms with Gasteiger partial charge in [0.05, 0.1) is 0 Å². The molecular formula is C26H19NO. The van der Waals surface area contributed by atoms with Crippen LogP contribution in [0.1, 0.15) is 11.1 Å². The van der Waals surface area contributed by atoms with E-state index in [4.69, 9.17) is 4.42 Å². The zero-order chi connectivity index (χ0) is 18.7. The van der Waals surface area contributed by atoms with Gasteiger partial charge in [-0.2, -0.15) is 0 Å². The molecule has 0 aliphatic carbocycles. The van der Waals surface area contributed by atoms with Gasteiger partial charge in [-0.1, -0.05) is 48.5 Å². The predicted molar refractivity (Wildman–Crippen MR) is 117 cm³/mol. The SMILES string of the molecule is Cn1c2ccccc2c2cc(Cc3ccc4oc5ccccc5c4c3)ccc21. The van der Waals surface area contributed by atoms with E-state index in [0.717, 1.165) is 17.6 Å². The quantitative estimate of drug-likeness (QED) is 0.331. The highest BCUT2D eigenvalue weighted by Gasteiger charge is 2.10. The Morgan fingerprint density at radius 3 is 2.14 bits per heavy atom. The van der Waals surface area contributed by atoms with Crippen LogP contribution in [0.2, 0.25) is 0 Å². The molecule has 2 nitrogen and oxygen atoms in total. The lowest BCUT2D eigenvalue weighted by Crippen LogP contribution is -1.89. The number of aromatic nitrogens is 1. The maximum Gasteiger partial charge on any atom is 0.135 e. The summed E-state index contributed by atoms with van der Waals surface area (Å²) < 4.78 is 8.24. The summed E-state index contributed by atoms with van der Waals surface area (Å²) in [5, 5.41) is 5.02. The number of para-hydroxylation sites is 2. The van der Waals surface area contributed by atoms with Crippen molar-refractivity contribution in [1.82, 2.24) is 4.57 Å². The van der Waals surface area contributed by atoms with Crippen molar-refractivity contribution in [1.29, 1.82) is 0 Å². The fourth-order valence-electron chi connectivity index (χ4n) is 4.44. The van der Waals surface area contributed by atoms with E-state index in [1.807, 2.05) is 12.1 Å². The molecule has 2 aromatic heterocycles. The molecule has 0 amide bonds. The van der Waals surface area contributed by atoms with Gasteiger partial charge in [0, 0.05) is 39.6 Å². The fraction of sp³-hybridized carbons (Fsp3) is 0.0769. The van der Waals surface area contributed by atoms with Crippen molar-refractivity contribution in [3.05, 3.63) is 96.1 Å². The van der Waals surface area contributed by atoms with Crippen molar-refractivity contribution in [3.8, 4) is 0 Å². The van der Waals surface area contributed by atoms with Gasteiger partial charge >= 0.3 is 0 Å². The van der Waals surface area contributed by atoms with E-state index < -0.39 is 0 Å². The Bertz CT molecular complexity index is 1500. The van der Waals surface area contributed by atoms with Crippen molar-refractivity contribution < 1.29 is 4.42 Å². The first-order valence-electron chi connectivity index (χ1n) is 9.64. The molecule has 0 N–H and O–H groups in total. The first-order chi connectivity index (χ1) is 13.8. The minimum absolute atomic E-state index is 0.911. The maximum absolute atomic E-state index is 5.96. The standard InChI is InChI=1S/C26H19NO/c1-27-23-8-4-2-6-19(23)21-15-17(10-12-24(21)27)14-18-11-13-26-22(16-18)20-7-3-5-9-25(20)28-26/h2-13,15-16H,14H2,1H3. The molecule has 0 aliphatic heterocycles. The Morgan fingerprint density at radius 2 is 1.25 bits per heavy atom. The fourth-order valence-corrected chi connectivity index (χ4v) is 4.44. The number of hydrogen-bond donors (Lipinski definition) is 0. The lowest BCUT2D eigenvalue weighted by atomic mass is 10.0. The van der Waals surface area contributed by atoms with Crippen molar-refractivity contribution in [2.24, 2.45) is 7.05 Å². The number of aryl methyl sites for hydroxylation is 1. The van der Waals surface area contributed by atoms with Crippen LogP contribution >= 0.6 is 0 Å². The average molecular weight is 361 g/mol. The van der Waals surface area contributed by atoms with E-state index in [1.54, 1.807) is 0 Å². The Labute approximate surface area is 162 Å². The van der Waals surface area contributed by atoms with Crippen molar-refractivity contribution >= 4 is 43.7 Å². The van der Waals surface area contributed by atoms with Gasteiger partial charge < -0.3 is 8.98 Å². The molecule has 2 heteroatoms. The van der Waals surface area contributed by atoms with E-state index in [0.29, 0.717) is 0 Å². The van der Waals surface area contributed by atoms with Gasteiger partial charge in [-0.25, -0.2) is 0 Å². The molecule has 0 spiro atoms. The summed E-state index contributed by atoms with van der Waals surface area (Å²) in [4.78, 5) is 0. The summed E-state index contributed by atoms with van der Waals surface area (Å²) in [6.45, 7) is 0. The van der Waals surface area contributed by atoms with E-state index >= 15 is 0 Å². The van der Waals surface area contributed by atoms with Crippen LogP contribution in [0, 0.1) is 0 Å². The summed E-state index contributed by atoms with van der Waals surface area (Å²) in [7, 11) is 2.14. The Balaban J connectivity index is 1.47. The minimum Gasteiger partial charge on any atom is -0.456 e. The highest BCUT2D eigenvalue weighted by molar-refractivity contribution is 6.08. The average Bonchev–Trinajstić information content (AvgIpc) is 3.24. The monoisotopic (exact) mass is 361 g/mol. The Hall–Kier alpha value is -3.52. The van der Waals surface area contributed by atoms with Gasteiger partial charge in [0.25, 0.3) is 0 Å². The summed E-state index contributed by atoms with van der Waals surface area (Å²) in [6, 6.07) is 30.3. The van der Waals surface area contributed by atoms with E-state index in [9.17, 15) is 0 Å². The molecule has 0 unspecified atom stereocenters. The van der Waals surface area contributed by atoms with E-state index in [2.05, 4.69) is 84.4 Å². The normalized spacial score (nSPS) is 11.9. The highest BCUT2D eigenvalue weighted by atomic mass is 16.3. The van der Waals surface area contributed by atoms with Gasteiger partial charge in [0.2, 0.25) is 0 Å². The number of fused-ring (bicyclic) bond motifs is 6. The molecule has 0 fully saturated rings. The molecule has 6 rings (SSSR count). The number of benzene rings is 4. The van der Waals surface area contributed by atoms with Crippen LogP contribution in [0.4, 0.5) is 0 Å². The molecule has 4 aromatic carbocycles. The predicted octanol–water partition coefficient (Wildman–Crippen LogP) is 6.82. The van der Waals surface area contributed by atoms with Crippen molar-refractivity contribution in [2.75, 3.05) is 0 Å². The number of furan rings is 1. The second kappa shape index (κ2) is 5.74. The molecule has 134 valence electrons. The number of hydrogen-bond acceptors (Lipinski definition) is 1. The summed E-state index contributed by atoms with van der Waals surface area (Å²) in [5.74, 6) is 0. The topological polar surface area (TPSA) is 18.1 Å². The van der Waals surface area contributed by atoms with Crippen LogP contribution in [0.25, 0.3) is 43.7 Å². The maximum atomic E-state index is 5.96. The lowest BCUT2D eigenvalue weighted by Gasteiger charge is -2.04. The summed E-state index contributed by atoms with van der Waals surface area (Å²) >= 11 is 0. The van der Waals surface area contributed by atoms with Crippen LogP contribution in [0.3, 0.4) is 0 Å². The van der Waals surface area contributed by atoms with E-state index in [-0.39, 0.29) is 0 Å². The summed E-state index contributed by atoms with van der Waals surface area (Å²) in [5.41, 5.74) is 7.10. The second-order valence-corrected chi connectivity index (χ2v) is 7.53. The third-order valence-corrected chi connectivity index (χ3v) is 5.83. The number of nitrogens with zero attached hydrogens (tertiary/aromatic N) is 1. The van der Waals surface area contributed by atoms with Crippen LogP contribution in [-0.4, -0.2) is 4.57 Å². The zero-order valence-electron chi connectivity index (χ0n) is 15.6. The minimum atomic E-state index is 0.911. The Morgan fingerprint density at radius 1 is 0.607 bits per heavy atom. The molecule has 0 bridgehead atoms. The van der Waals surface area contributed by atoms with Gasteiger partial charge in [-0.15, -0.1) is 0 Å². The van der Waals surface area contributed by atoms with Crippen LogP contribution in [0.5, 0.6) is 0 Å². The van der Waals surface area contributed by atoms with Gasteiger partial charge in [-0.3, -0.25) is 0 Å². The first-order valence-corrected chi connectivity index (χ1v) is 9.64. The highest BCUT2D eigenvalue weighted by Crippen LogP contribution is 2.31. The molecular weight excluding hydrogens is 342 g/mol. The number of rotatable bonds is 2. The molecule has 0 atom stereocenters. The van der Waals surface area contributed by atoms with Crippen molar-refractivity contribution in [3.63, 3.8) is 0 Å². The zero-order valence-corrected chi connectivity index (χ0v) is 15.6. The van der Waals surface area contributed by atoms with Crippen LogP contribution < -0.4 is 0 Å². The smallest absolute Gasteiger partial charge is 0.135 e. The van der Waals surface area contributed by atoms with Gasteiger partial charge in [0.15, 0.2) is 0 Å². The molecule has 0 saturated heterocycles. The van der Waals surface area contributed by atoms with Crippen LogP contribution in [0.15, 0.2) is 89.3 Å².